The van der Waals surface area contributed by atoms with Crippen LogP contribution in [0, 0.1) is 0 Å². The third-order valence-corrected chi connectivity index (χ3v) is 2.52. The zero-order valence-corrected chi connectivity index (χ0v) is 8.35. The Morgan fingerprint density at radius 1 is 1.54 bits per heavy atom. The van der Waals surface area contributed by atoms with Crippen LogP contribution in [0.3, 0.4) is 0 Å². The quantitative estimate of drug-likeness (QED) is 0.446. The molecule has 13 heavy (non-hydrogen) atoms. The first kappa shape index (κ1) is 9.92. The summed E-state index contributed by atoms with van der Waals surface area (Å²) in [5.74, 6) is -0.350. The predicted molar refractivity (Wildman–Crippen MR) is 54.0 cm³/mol. The summed E-state index contributed by atoms with van der Waals surface area (Å²) >= 11 is 1.44. The number of hydrogen-bond acceptors (Lipinski definition) is 4. The van der Waals surface area contributed by atoms with E-state index in [0.29, 0.717) is 11.3 Å². The van der Waals surface area contributed by atoms with Gasteiger partial charge in [0.1, 0.15) is 0 Å². The maximum Gasteiger partial charge on any atom is 0.339 e. The molecule has 70 valence electrons. The van der Waals surface area contributed by atoms with Crippen LogP contribution in [0.4, 0.5) is 5.69 Å². The van der Waals surface area contributed by atoms with E-state index >= 15 is 0 Å². The normalized spacial score (nSPS) is 9.69. The SMILES string of the molecule is COC(=O)c1cccc(N)c1SC. The van der Waals surface area contributed by atoms with E-state index in [1.165, 1.54) is 18.9 Å². The zero-order valence-electron chi connectivity index (χ0n) is 7.53. The molecular formula is C9H11NO2S. The lowest BCUT2D eigenvalue weighted by Gasteiger charge is -2.07. The second-order valence-corrected chi connectivity index (χ2v) is 3.24. The highest BCUT2D eigenvalue weighted by Gasteiger charge is 2.12. The minimum absolute atomic E-state index is 0.350. The summed E-state index contributed by atoms with van der Waals surface area (Å²) in [4.78, 5) is 12.0. The lowest BCUT2D eigenvalue weighted by atomic mass is 10.2. The molecule has 0 fully saturated rings. The fourth-order valence-corrected chi connectivity index (χ4v) is 1.73. The monoisotopic (exact) mass is 197 g/mol. The van der Waals surface area contributed by atoms with E-state index in [2.05, 4.69) is 4.74 Å². The average molecular weight is 197 g/mol. The number of ether oxygens (including phenoxy) is 1. The summed E-state index contributed by atoms with van der Waals surface area (Å²) < 4.78 is 4.63. The number of methoxy groups -OCH3 is 1. The predicted octanol–water partition coefficient (Wildman–Crippen LogP) is 1.78. The molecule has 1 aromatic rings. The van der Waals surface area contributed by atoms with Crippen LogP contribution >= 0.6 is 11.8 Å². The van der Waals surface area contributed by atoms with Gasteiger partial charge in [-0.05, 0) is 18.4 Å². The summed E-state index contributed by atoms with van der Waals surface area (Å²) in [5.41, 5.74) is 6.83. The molecule has 0 unspecified atom stereocenters. The van der Waals surface area contributed by atoms with Crippen LogP contribution < -0.4 is 5.73 Å². The molecule has 0 aliphatic rings. The molecule has 0 saturated carbocycles. The molecule has 2 N–H and O–H groups in total. The minimum atomic E-state index is -0.350. The van der Waals surface area contributed by atoms with Crippen molar-refractivity contribution < 1.29 is 9.53 Å². The first-order chi connectivity index (χ1) is 6.20. The molecule has 1 rings (SSSR count). The number of carbonyl (C=O) groups excluding carboxylic acids is 1. The number of benzene rings is 1. The number of nitrogen functional groups attached to an aromatic ring is 1. The number of nitrogens with two attached hydrogens (primary N) is 1. The topological polar surface area (TPSA) is 52.3 Å². The van der Waals surface area contributed by atoms with Crippen LogP contribution in [0.15, 0.2) is 23.1 Å². The van der Waals surface area contributed by atoms with Crippen molar-refractivity contribution in [3.63, 3.8) is 0 Å². The van der Waals surface area contributed by atoms with Crippen molar-refractivity contribution in [2.75, 3.05) is 19.1 Å². The van der Waals surface area contributed by atoms with Crippen LogP contribution in [0.1, 0.15) is 10.4 Å². The molecule has 0 atom stereocenters. The van der Waals surface area contributed by atoms with Crippen molar-refractivity contribution in [1.82, 2.24) is 0 Å². The minimum Gasteiger partial charge on any atom is -0.465 e. The Labute approximate surface area is 81.3 Å². The Balaban J connectivity index is 3.20. The Kier molecular flexibility index (Phi) is 3.19. The molecule has 0 spiro atoms. The smallest absolute Gasteiger partial charge is 0.339 e. The molecule has 0 aliphatic carbocycles. The molecule has 0 amide bonds. The Hall–Kier alpha value is -1.16. The number of thioether (sulfide) groups is 1. The fourth-order valence-electron chi connectivity index (χ4n) is 1.05. The molecule has 0 aliphatic heterocycles. The van der Waals surface area contributed by atoms with Gasteiger partial charge in [-0.15, -0.1) is 11.8 Å². The van der Waals surface area contributed by atoms with Crippen molar-refractivity contribution in [1.29, 1.82) is 0 Å². The lowest BCUT2D eigenvalue weighted by molar-refractivity contribution is 0.0597. The number of carbonyl (C=O) groups is 1. The fraction of sp³-hybridized carbons (Fsp3) is 0.222. The summed E-state index contributed by atoms with van der Waals surface area (Å²) in [6, 6.07) is 5.20. The third kappa shape index (κ3) is 1.95. The van der Waals surface area contributed by atoms with Crippen LogP contribution in [0.25, 0.3) is 0 Å². The molecule has 0 bridgehead atoms. The summed E-state index contributed by atoms with van der Waals surface area (Å²) in [6.45, 7) is 0. The van der Waals surface area contributed by atoms with Gasteiger partial charge in [0.15, 0.2) is 0 Å². The second kappa shape index (κ2) is 4.18. The maximum absolute atomic E-state index is 11.3. The Bertz CT molecular complexity index is 325. The highest BCUT2D eigenvalue weighted by Crippen LogP contribution is 2.27. The standard InChI is InChI=1S/C9H11NO2S/c1-12-9(11)6-4-3-5-7(10)8(6)13-2/h3-5H,10H2,1-2H3. The van der Waals surface area contributed by atoms with E-state index in [1.54, 1.807) is 18.2 Å². The van der Waals surface area contributed by atoms with E-state index in [4.69, 9.17) is 5.73 Å². The van der Waals surface area contributed by atoms with Crippen LogP contribution in [-0.4, -0.2) is 19.3 Å². The largest absolute Gasteiger partial charge is 0.465 e. The van der Waals surface area contributed by atoms with Crippen LogP contribution in [-0.2, 0) is 4.74 Å². The van der Waals surface area contributed by atoms with Gasteiger partial charge in [0.05, 0.1) is 12.7 Å². The lowest BCUT2D eigenvalue weighted by Crippen LogP contribution is -2.04. The number of hydrogen-bond donors (Lipinski definition) is 1. The van der Waals surface area contributed by atoms with Gasteiger partial charge in [0.25, 0.3) is 0 Å². The van der Waals surface area contributed by atoms with E-state index < -0.39 is 0 Å². The molecule has 0 saturated heterocycles. The molecule has 0 aromatic heterocycles. The van der Waals surface area contributed by atoms with Gasteiger partial charge in [0.2, 0.25) is 0 Å². The number of rotatable bonds is 2. The van der Waals surface area contributed by atoms with Gasteiger partial charge in [0, 0.05) is 10.6 Å². The summed E-state index contributed by atoms with van der Waals surface area (Å²) in [6.07, 6.45) is 1.87. The zero-order chi connectivity index (χ0) is 9.84. The van der Waals surface area contributed by atoms with Gasteiger partial charge in [-0.25, -0.2) is 4.79 Å². The average Bonchev–Trinajstić information content (AvgIpc) is 2.16. The first-order valence-electron chi connectivity index (χ1n) is 3.71. The molecule has 0 radical (unpaired) electrons. The van der Waals surface area contributed by atoms with Crippen molar-refractivity contribution >= 4 is 23.4 Å². The van der Waals surface area contributed by atoms with Crippen molar-refractivity contribution in [2.24, 2.45) is 0 Å². The number of anilines is 1. The summed E-state index contributed by atoms with van der Waals surface area (Å²) in [7, 11) is 1.36. The molecule has 4 heteroatoms. The van der Waals surface area contributed by atoms with Crippen molar-refractivity contribution in [3.8, 4) is 0 Å². The molecule has 1 aromatic carbocycles. The second-order valence-electron chi connectivity index (χ2n) is 2.42. The van der Waals surface area contributed by atoms with E-state index in [0.717, 1.165) is 4.90 Å². The number of esters is 1. The highest BCUT2D eigenvalue weighted by molar-refractivity contribution is 7.98. The Morgan fingerprint density at radius 2 is 2.23 bits per heavy atom. The van der Waals surface area contributed by atoms with Gasteiger partial charge >= 0.3 is 5.97 Å². The van der Waals surface area contributed by atoms with Crippen molar-refractivity contribution in [3.05, 3.63) is 23.8 Å². The Morgan fingerprint density at radius 3 is 2.77 bits per heavy atom. The molecular weight excluding hydrogens is 186 g/mol. The summed E-state index contributed by atoms with van der Waals surface area (Å²) in [5, 5.41) is 0. The first-order valence-corrected chi connectivity index (χ1v) is 4.94. The highest BCUT2D eigenvalue weighted by atomic mass is 32.2. The van der Waals surface area contributed by atoms with Crippen molar-refractivity contribution in [2.45, 2.75) is 4.90 Å². The third-order valence-electron chi connectivity index (χ3n) is 1.65. The van der Waals surface area contributed by atoms with Gasteiger partial charge < -0.3 is 10.5 Å². The van der Waals surface area contributed by atoms with Crippen LogP contribution in [0.5, 0.6) is 0 Å². The van der Waals surface area contributed by atoms with Gasteiger partial charge in [-0.1, -0.05) is 6.07 Å². The van der Waals surface area contributed by atoms with E-state index in [9.17, 15) is 4.79 Å². The van der Waals surface area contributed by atoms with Gasteiger partial charge in [-0.3, -0.25) is 0 Å². The van der Waals surface area contributed by atoms with E-state index in [-0.39, 0.29) is 5.97 Å². The van der Waals surface area contributed by atoms with Gasteiger partial charge in [-0.2, -0.15) is 0 Å². The van der Waals surface area contributed by atoms with E-state index in [1.807, 2.05) is 6.26 Å². The molecule has 3 nitrogen and oxygen atoms in total. The van der Waals surface area contributed by atoms with Crippen LogP contribution in [0.2, 0.25) is 0 Å². The maximum atomic E-state index is 11.3. The molecule has 0 heterocycles.